The molecule has 1 aromatic heterocycles. The first-order valence-electron chi connectivity index (χ1n) is 5.91. The highest BCUT2D eigenvalue weighted by Crippen LogP contribution is 2.38. The van der Waals surface area contributed by atoms with Gasteiger partial charge in [-0.3, -0.25) is 0 Å². The van der Waals surface area contributed by atoms with Gasteiger partial charge in [-0.1, -0.05) is 25.0 Å². The highest BCUT2D eigenvalue weighted by Gasteiger charge is 2.22. The Morgan fingerprint density at radius 1 is 1.18 bits per heavy atom. The van der Waals surface area contributed by atoms with Crippen molar-refractivity contribution in [3.05, 3.63) is 29.2 Å². The van der Waals surface area contributed by atoms with E-state index in [1.165, 1.54) is 12.8 Å². The molecule has 0 radical (unpaired) electrons. The van der Waals surface area contributed by atoms with Crippen LogP contribution in [0, 0.1) is 0 Å². The minimum atomic E-state index is 0.172. The minimum absolute atomic E-state index is 0.172. The van der Waals surface area contributed by atoms with Crippen molar-refractivity contribution < 1.29 is 5.11 Å². The fourth-order valence-electron chi connectivity index (χ4n) is 2.64. The molecule has 1 aromatic carbocycles. The lowest BCUT2D eigenvalue weighted by molar-refractivity contribution is 0.480. The van der Waals surface area contributed by atoms with Gasteiger partial charge < -0.3 is 5.11 Å². The van der Waals surface area contributed by atoms with Crippen molar-refractivity contribution in [2.24, 2.45) is 0 Å². The Balaban J connectivity index is 2.25. The molecule has 0 saturated heterocycles. The molecule has 0 amide bonds. The summed E-state index contributed by atoms with van der Waals surface area (Å²) < 4.78 is 0. The smallest absolute Gasteiger partial charge is 0.223 e. The average molecular weight is 249 g/mol. The maximum Gasteiger partial charge on any atom is 0.223 e. The molecule has 0 atom stereocenters. The van der Waals surface area contributed by atoms with Crippen molar-refractivity contribution in [2.75, 3.05) is 0 Å². The number of phenols is 1. The maximum atomic E-state index is 9.81. The Labute approximate surface area is 104 Å². The van der Waals surface area contributed by atoms with E-state index in [-0.39, 0.29) is 11.0 Å². The van der Waals surface area contributed by atoms with Crippen molar-refractivity contribution in [2.45, 2.75) is 31.6 Å². The van der Waals surface area contributed by atoms with Crippen molar-refractivity contribution in [1.29, 1.82) is 0 Å². The SMILES string of the molecule is Oc1cccc2c(C3CCCC3)nc(Cl)nc12. The molecular formula is C13H13ClN2O. The van der Waals surface area contributed by atoms with Crippen LogP contribution >= 0.6 is 11.6 Å². The van der Waals surface area contributed by atoms with E-state index < -0.39 is 0 Å². The molecule has 0 unspecified atom stereocenters. The van der Waals surface area contributed by atoms with Crippen LogP contribution in [0.1, 0.15) is 37.3 Å². The van der Waals surface area contributed by atoms with Crippen LogP contribution in [-0.4, -0.2) is 15.1 Å². The Morgan fingerprint density at radius 3 is 2.71 bits per heavy atom. The zero-order valence-corrected chi connectivity index (χ0v) is 10.1. The number of hydrogen-bond acceptors (Lipinski definition) is 3. The van der Waals surface area contributed by atoms with Crippen molar-refractivity contribution in [3.63, 3.8) is 0 Å². The normalized spacial score (nSPS) is 16.8. The van der Waals surface area contributed by atoms with Crippen molar-refractivity contribution in [3.8, 4) is 5.75 Å². The third-order valence-electron chi connectivity index (χ3n) is 3.45. The van der Waals surface area contributed by atoms with Gasteiger partial charge in [0.1, 0.15) is 11.3 Å². The molecular weight excluding hydrogens is 236 g/mol. The summed E-state index contributed by atoms with van der Waals surface area (Å²) >= 11 is 5.94. The molecule has 1 aliphatic rings. The number of benzene rings is 1. The Hall–Kier alpha value is -1.35. The van der Waals surface area contributed by atoms with Gasteiger partial charge in [0, 0.05) is 11.3 Å². The fraction of sp³-hybridized carbons (Fsp3) is 0.385. The third-order valence-corrected chi connectivity index (χ3v) is 3.62. The molecule has 0 aliphatic heterocycles. The van der Waals surface area contributed by atoms with E-state index in [0.29, 0.717) is 11.4 Å². The maximum absolute atomic E-state index is 9.81. The van der Waals surface area contributed by atoms with Crippen LogP contribution in [0.5, 0.6) is 5.75 Å². The van der Waals surface area contributed by atoms with E-state index in [4.69, 9.17) is 11.6 Å². The van der Waals surface area contributed by atoms with E-state index >= 15 is 0 Å². The molecule has 17 heavy (non-hydrogen) atoms. The molecule has 0 spiro atoms. The predicted molar refractivity (Wildman–Crippen MR) is 67.4 cm³/mol. The van der Waals surface area contributed by atoms with Crippen LogP contribution in [0.4, 0.5) is 0 Å². The van der Waals surface area contributed by atoms with E-state index in [9.17, 15) is 5.11 Å². The van der Waals surface area contributed by atoms with Crippen LogP contribution in [-0.2, 0) is 0 Å². The number of aromatic nitrogens is 2. The summed E-state index contributed by atoms with van der Waals surface area (Å²) in [6.45, 7) is 0. The van der Waals surface area contributed by atoms with Crippen LogP contribution < -0.4 is 0 Å². The van der Waals surface area contributed by atoms with E-state index in [0.717, 1.165) is 23.9 Å². The first-order valence-corrected chi connectivity index (χ1v) is 6.28. The Bertz CT molecular complexity index is 565. The van der Waals surface area contributed by atoms with Crippen molar-refractivity contribution in [1.82, 2.24) is 9.97 Å². The number of hydrogen-bond donors (Lipinski definition) is 1. The monoisotopic (exact) mass is 248 g/mol. The molecule has 1 N–H and O–H groups in total. The second-order valence-corrected chi connectivity index (χ2v) is 4.87. The standard InChI is InChI=1S/C13H13ClN2O/c14-13-15-11(8-4-1-2-5-8)9-6-3-7-10(17)12(9)16-13/h3,6-8,17H,1-2,4-5H2. The van der Waals surface area contributed by atoms with Gasteiger partial charge in [0.25, 0.3) is 0 Å². The van der Waals surface area contributed by atoms with Crippen LogP contribution in [0.25, 0.3) is 10.9 Å². The van der Waals surface area contributed by atoms with Gasteiger partial charge in [0.2, 0.25) is 5.28 Å². The first-order chi connectivity index (χ1) is 8.25. The van der Waals surface area contributed by atoms with Gasteiger partial charge in [-0.05, 0) is 30.5 Å². The highest BCUT2D eigenvalue weighted by atomic mass is 35.5. The zero-order valence-electron chi connectivity index (χ0n) is 9.36. The average Bonchev–Trinajstić information content (AvgIpc) is 2.83. The highest BCUT2D eigenvalue weighted by molar-refractivity contribution is 6.28. The van der Waals surface area contributed by atoms with Crippen LogP contribution in [0.3, 0.4) is 0 Å². The van der Waals surface area contributed by atoms with Gasteiger partial charge in [-0.2, -0.15) is 0 Å². The van der Waals surface area contributed by atoms with Gasteiger partial charge in [-0.15, -0.1) is 0 Å². The molecule has 3 rings (SSSR count). The molecule has 1 saturated carbocycles. The molecule has 1 heterocycles. The molecule has 1 aliphatic carbocycles. The second-order valence-electron chi connectivity index (χ2n) is 4.53. The van der Waals surface area contributed by atoms with E-state index in [1.807, 2.05) is 12.1 Å². The number of phenolic OH excluding ortho intramolecular Hbond substituents is 1. The number of aromatic hydroxyl groups is 1. The van der Waals surface area contributed by atoms with Gasteiger partial charge in [0.15, 0.2) is 0 Å². The summed E-state index contributed by atoms with van der Waals surface area (Å²) in [7, 11) is 0. The molecule has 3 nitrogen and oxygen atoms in total. The van der Waals surface area contributed by atoms with Crippen LogP contribution in [0.15, 0.2) is 18.2 Å². The zero-order chi connectivity index (χ0) is 11.8. The van der Waals surface area contributed by atoms with E-state index in [1.54, 1.807) is 6.07 Å². The number of nitrogens with zero attached hydrogens (tertiary/aromatic N) is 2. The largest absolute Gasteiger partial charge is 0.506 e. The summed E-state index contributed by atoms with van der Waals surface area (Å²) in [5, 5.41) is 11.0. The summed E-state index contributed by atoms with van der Waals surface area (Å²) in [5.41, 5.74) is 1.56. The quantitative estimate of drug-likeness (QED) is 0.784. The van der Waals surface area contributed by atoms with Gasteiger partial charge in [0.05, 0.1) is 5.69 Å². The topological polar surface area (TPSA) is 46.0 Å². The summed E-state index contributed by atoms with van der Waals surface area (Å²) in [5.74, 6) is 0.630. The summed E-state index contributed by atoms with van der Waals surface area (Å²) in [6.07, 6.45) is 4.79. The van der Waals surface area contributed by atoms with E-state index in [2.05, 4.69) is 9.97 Å². The minimum Gasteiger partial charge on any atom is -0.506 e. The number of halogens is 1. The first kappa shape index (κ1) is 10.8. The second kappa shape index (κ2) is 4.15. The molecule has 4 heteroatoms. The summed E-state index contributed by atoms with van der Waals surface area (Å²) in [6, 6.07) is 5.41. The fourth-order valence-corrected chi connectivity index (χ4v) is 2.82. The lowest BCUT2D eigenvalue weighted by atomic mass is 9.99. The third kappa shape index (κ3) is 1.84. The lowest BCUT2D eigenvalue weighted by Crippen LogP contribution is -2.00. The number of rotatable bonds is 1. The Morgan fingerprint density at radius 2 is 1.94 bits per heavy atom. The van der Waals surface area contributed by atoms with Crippen molar-refractivity contribution >= 4 is 22.5 Å². The van der Waals surface area contributed by atoms with Gasteiger partial charge in [-0.25, -0.2) is 9.97 Å². The van der Waals surface area contributed by atoms with Crippen LogP contribution in [0.2, 0.25) is 5.28 Å². The molecule has 2 aromatic rings. The predicted octanol–water partition coefficient (Wildman–Crippen LogP) is 3.65. The molecule has 0 bridgehead atoms. The molecule has 88 valence electrons. The number of para-hydroxylation sites is 1. The number of fused-ring (bicyclic) bond motifs is 1. The lowest BCUT2D eigenvalue weighted by Gasteiger charge is -2.12. The molecule has 1 fully saturated rings. The van der Waals surface area contributed by atoms with Gasteiger partial charge >= 0.3 is 0 Å². The Kier molecular flexibility index (Phi) is 2.63. The summed E-state index contributed by atoms with van der Waals surface area (Å²) in [4.78, 5) is 8.48.